The summed E-state index contributed by atoms with van der Waals surface area (Å²) < 4.78 is 3.19. The van der Waals surface area contributed by atoms with Gasteiger partial charge in [-0.25, -0.2) is 0 Å². The molecule has 94 valence electrons. The molecular weight excluding hydrogens is 284 g/mol. The van der Waals surface area contributed by atoms with Crippen molar-refractivity contribution in [3.8, 4) is 0 Å². The first-order valence-corrected chi connectivity index (χ1v) is 6.05. The number of hydrogen-bond donors (Lipinski definition) is 1. The third kappa shape index (κ3) is 6.13. The molecule has 0 heterocycles. The smallest absolute Gasteiger partial charge is 0.307 e. The van der Waals surface area contributed by atoms with Crippen LogP contribution in [0.25, 0.3) is 0 Å². The van der Waals surface area contributed by atoms with Crippen LogP contribution in [0.1, 0.15) is 18.0 Å². The van der Waals surface area contributed by atoms with Crippen molar-refractivity contribution >= 4 is 40.8 Å². The Morgan fingerprint density at radius 2 is 1.88 bits per heavy atom. The zero-order valence-corrected chi connectivity index (χ0v) is 11.2. The van der Waals surface area contributed by atoms with E-state index in [4.69, 9.17) is 45.3 Å². The van der Waals surface area contributed by atoms with Crippen LogP contribution in [0.2, 0.25) is 0 Å². The van der Waals surface area contributed by atoms with E-state index in [0.29, 0.717) is 0 Å². The highest BCUT2D eigenvalue weighted by molar-refractivity contribution is 6.67. The minimum absolute atomic E-state index is 0.0464. The van der Waals surface area contributed by atoms with Gasteiger partial charge in [0.25, 0.3) is 0 Å². The maximum atomic E-state index is 11.4. The largest absolute Gasteiger partial charge is 0.461 e. The lowest BCUT2D eigenvalue weighted by molar-refractivity contribution is -0.143. The van der Waals surface area contributed by atoms with Gasteiger partial charge in [-0.3, -0.25) is 4.79 Å². The number of ether oxygens (including phenoxy) is 1. The Labute approximate surface area is 115 Å². The van der Waals surface area contributed by atoms with Crippen molar-refractivity contribution in [3.63, 3.8) is 0 Å². The predicted octanol–water partition coefficient (Wildman–Crippen LogP) is 2.99. The maximum Gasteiger partial charge on any atom is 0.307 e. The third-order valence-corrected chi connectivity index (χ3v) is 2.34. The Morgan fingerprint density at radius 3 is 2.41 bits per heavy atom. The van der Waals surface area contributed by atoms with E-state index >= 15 is 0 Å². The van der Waals surface area contributed by atoms with Gasteiger partial charge < -0.3 is 10.5 Å². The molecule has 0 aliphatic heterocycles. The second-order valence-corrected chi connectivity index (χ2v) is 6.01. The first-order chi connectivity index (χ1) is 7.88. The quantitative estimate of drug-likeness (QED) is 0.686. The average molecular weight is 297 g/mol. The number of esters is 1. The van der Waals surface area contributed by atoms with E-state index in [9.17, 15) is 4.79 Å². The molecule has 0 amide bonds. The summed E-state index contributed by atoms with van der Waals surface area (Å²) in [5.74, 6) is -0.493. The van der Waals surface area contributed by atoms with Crippen molar-refractivity contribution in [2.24, 2.45) is 5.73 Å². The molecule has 6 heteroatoms. The van der Waals surface area contributed by atoms with Crippen molar-refractivity contribution < 1.29 is 9.53 Å². The van der Waals surface area contributed by atoms with Crippen LogP contribution in [0.3, 0.4) is 0 Å². The lowest BCUT2D eigenvalue weighted by Crippen LogP contribution is -2.21. The van der Waals surface area contributed by atoms with Crippen molar-refractivity contribution in [3.05, 3.63) is 35.9 Å². The lowest BCUT2D eigenvalue weighted by atomic mass is 10.1. The Bertz CT molecular complexity index is 365. The van der Waals surface area contributed by atoms with Gasteiger partial charge in [0.1, 0.15) is 6.61 Å². The average Bonchev–Trinajstić information content (AvgIpc) is 2.27. The highest BCUT2D eigenvalue weighted by Crippen LogP contribution is 2.26. The molecular formula is C11H12Cl3NO2. The van der Waals surface area contributed by atoms with Gasteiger partial charge in [-0.2, -0.15) is 0 Å². The summed E-state index contributed by atoms with van der Waals surface area (Å²) in [7, 11) is 0. The molecule has 1 aromatic rings. The van der Waals surface area contributed by atoms with E-state index in [1.54, 1.807) is 0 Å². The van der Waals surface area contributed by atoms with Gasteiger partial charge in [0.15, 0.2) is 0 Å². The molecule has 1 rings (SSSR count). The van der Waals surface area contributed by atoms with Gasteiger partial charge in [0, 0.05) is 6.04 Å². The van der Waals surface area contributed by atoms with Gasteiger partial charge >= 0.3 is 5.97 Å². The monoisotopic (exact) mass is 295 g/mol. The number of alkyl halides is 3. The van der Waals surface area contributed by atoms with Gasteiger partial charge in [-0.05, 0) is 5.56 Å². The van der Waals surface area contributed by atoms with Gasteiger partial charge in [-0.15, -0.1) is 0 Å². The summed E-state index contributed by atoms with van der Waals surface area (Å²) in [5, 5.41) is 0. The minimum atomic E-state index is -1.59. The molecule has 1 aromatic carbocycles. The maximum absolute atomic E-state index is 11.4. The normalized spacial score (nSPS) is 13.2. The first-order valence-electron chi connectivity index (χ1n) is 4.91. The molecule has 0 radical (unpaired) electrons. The molecule has 3 nitrogen and oxygen atoms in total. The number of carbonyl (C=O) groups is 1. The topological polar surface area (TPSA) is 52.3 Å². The van der Waals surface area contributed by atoms with Gasteiger partial charge in [0.2, 0.25) is 3.79 Å². The van der Waals surface area contributed by atoms with Crippen LogP contribution in [-0.2, 0) is 9.53 Å². The molecule has 0 saturated carbocycles. The Kier molecular flexibility index (Phi) is 5.53. The second-order valence-electron chi connectivity index (χ2n) is 3.50. The predicted molar refractivity (Wildman–Crippen MR) is 69.2 cm³/mol. The summed E-state index contributed by atoms with van der Waals surface area (Å²) >= 11 is 16.4. The van der Waals surface area contributed by atoms with E-state index in [2.05, 4.69) is 0 Å². The summed E-state index contributed by atoms with van der Waals surface area (Å²) in [6, 6.07) is 8.83. The summed E-state index contributed by atoms with van der Waals surface area (Å²) in [5.41, 5.74) is 6.70. The van der Waals surface area contributed by atoms with E-state index < -0.39 is 15.8 Å². The molecule has 2 N–H and O–H groups in total. The molecule has 1 atom stereocenters. The van der Waals surface area contributed by atoms with E-state index in [-0.39, 0.29) is 13.0 Å². The number of hydrogen-bond acceptors (Lipinski definition) is 3. The zero-order chi connectivity index (χ0) is 12.9. The minimum Gasteiger partial charge on any atom is -0.461 e. The number of benzene rings is 1. The highest BCUT2D eigenvalue weighted by Gasteiger charge is 2.23. The van der Waals surface area contributed by atoms with Gasteiger partial charge in [-0.1, -0.05) is 65.1 Å². The van der Waals surface area contributed by atoms with E-state index in [1.165, 1.54) is 0 Å². The third-order valence-electron chi connectivity index (χ3n) is 2.01. The molecule has 0 saturated heterocycles. The molecule has 1 unspecified atom stereocenters. The Hall–Kier alpha value is -0.480. The summed E-state index contributed by atoms with van der Waals surface area (Å²) in [6.07, 6.45) is 0.0464. The molecule has 0 fully saturated rings. The van der Waals surface area contributed by atoms with Crippen LogP contribution in [0.15, 0.2) is 30.3 Å². The van der Waals surface area contributed by atoms with Crippen molar-refractivity contribution in [2.45, 2.75) is 16.3 Å². The van der Waals surface area contributed by atoms with Crippen LogP contribution in [0, 0.1) is 0 Å². The fourth-order valence-corrected chi connectivity index (χ4v) is 1.38. The van der Waals surface area contributed by atoms with Crippen molar-refractivity contribution in [1.29, 1.82) is 0 Å². The molecule has 0 spiro atoms. The standard InChI is InChI=1S/C11H12Cl3NO2/c12-11(13,14)7-17-10(16)6-9(15)8-4-2-1-3-5-8/h1-5,9H,6-7,15H2. The molecule has 17 heavy (non-hydrogen) atoms. The fraction of sp³-hybridized carbons (Fsp3) is 0.364. The van der Waals surface area contributed by atoms with Crippen LogP contribution in [0.4, 0.5) is 0 Å². The highest BCUT2D eigenvalue weighted by atomic mass is 35.6. The summed E-state index contributed by atoms with van der Waals surface area (Å²) in [4.78, 5) is 11.4. The lowest BCUT2D eigenvalue weighted by Gasteiger charge is -2.14. The van der Waals surface area contributed by atoms with Gasteiger partial charge in [0.05, 0.1) is 6.42 Å². The van der Waals surface area contributed by atoms with E-state index in [1.807, 2.05) is 30.3 Å². The Balaban J connectivity index is 2.42. The van der Waals surface area contributed by atoms with E-state index in [0.717, 1.165) is 5.56 Å². The Morgan fingerprint density at radius 1 is 1.29 bits per heavy atom. The number of carbonyl (C=O) groups excluding carboxylic acids is 1. The van der Waals surface area contributed by atoms with Crippen molar-refractivity contribution in [2.75, 3.05) is 6.61 Å². The molecule has 0 aliphatic rings. The van der Waals surface area contributed by atoms with Crippen molar-refractivity contribution in [1.82, 2.24) is 0 Å². The fourth-order valence-electron chi connectivity index (χ4n) is 1.22. The number of rotatable bonds is 4. The molecule has 0 aromatic heterocycles. The van der Waals surface area contributed by atoms with Crippen LogP contribution >= 0.6 is 34.8 Å². The van der Waals surface area contributed by atoms with Crippen LogP contribution in [0.5, 0.6) is 0 Å². The SMILES string of the molecule is NC(CC(=O)OCC(Cl)(Cl)Cl)c1ccccc1. The number of nitrogens with two attached hydrogens (primary N) is 1. The first kappa shape index (κ1) is 14.6. The zero-order valence-electron chi connectivity index (χ0n) is 8.91. The van der Waals surface area contributed by atoms with Crippen LogP contribution < -0.4 is 5.73 Å². The second kappa shape index (κ2) is 6.45. The summed E-state index contributed by atoms with van der Waals surface area (Å²) in [6.45, 7) is -0.280. The molecule has 0 aliphatic carbocycles. The van der Waals surface area contributed by atoms with Crippen LogP contribution in [-0.4, -0.2) is 16.4 Å². The number of halogens is 3. The molecule has 0 bridgehead atoms.